The molecule has 2 heterocycles. The molecule has 0 unspecified atom stereocenters. The van der Waals surface area contributed by atoms with Gasteiger partial charge in [0.1, 0.15) is 17.9 Å². The van der Waals surface area contributed by atoms with E-state index in [-0.39, 0.29) is 17.9 Å². The molecule has 204 valence electrons. The van der Waals surface area contributed by atoms with Gasteiger partial charge in [-0.05, 0) is 42.0 Å². The van der Waals surface area contributed by atoms with Gasteiger partial charge in [-0.2, -0.15) is 13.2 Å². The van der Waals surface area contributed by atoms with Crippen molar-refractivity contribution in [2.24, 2.45) is 0 Å². The Morgan fingerprint density at radius 1 is 0.950 bits per heavy atom. The Bertz CT molecular complexity index is 1710. The minimum Gasteiger partial charge on any atom is -0.497 e. The number of halogens is 6. The summed E-state index contributed by atoms with van der Waals surface area (Å²) in [5, 5.41) is 0.315. The summed E-state index contributed by atoms with van der Waals surface area (Å²) in [5.74, 6) is -5.58. The zero-order valence-electron chi connectivity index (χ0n) is 20.6. The van der Waals surface area contributed by atoms with Gasteiger partial charge in [-0.3, -0.25) is 4.79 Å². The smallest absolute Gasteiger partial charge is 0.421 e. The highest BCUT2D eigenvalue weighted by molar-refractivity contribution is 6.17. The fourth-order valence-corrected chi connectivity index (χ4v) is 4.19. The minimum absolute atomic E-state index is 0.0187. The number of alkyl halides is 3. The van der Waals surface area contributed by atoms with Gasteiger partial charge >= 0.3 is 6.18 Å². The summed E-state index contributed by atoms with van der Waals surface area (Å²) < 4.78 is 92.6. The maximum atomic E-state index is 13.7. The Labute approximate surface area is 223 Å². The van der Waals surface area contributed by atoms with E-state index in [4.69, 9.17) is 9.47 Å². The van der Waals surface area contributed by atoms with Crippen molar-refractivity contribution in [1.82, 2.24) is 9.97 Å². The number of hydrogen-bond acceptors (Lipinski definition) is 4. The topological polar surface area (TPSA) is 64.2 Å². The number of para-hydroxylation sites is 1. The molecule has 11 heteroatoms. The van der Waals surface area contributed by atoms with E-state index in [2.05, 4.69) is 9.97 Å². The van der Waals surface area contributed by atoms with Gasteiger partial charge in [-0.25, -0.2) is 18.2 Å². The van der Waals surface area contributed by atoms with Crippen LogP contribution in [0.15, 0.2) is 72.9 Å². The molecular formula is C29H18F6N2O3. The lowest BCUT2D eigenvalue weighted by Gasteiger charge is -2.15. The summed E-state index contributed by atoms with van der Waals surface area (Å²) in [6.07, 6.45) is -3.45. The van der Waals surface area contributed by atoms with E-state index in [1.54, 1.807) is 42.5 Å². The highest BCUT2D eigenvalue weighted by Gasteiger charge is 2.36. The Hall–Kier alpha value is -4.80. The number of H-pyrrole nitrogens is 1. The van der Waals surface area contributed by atoms with Crippen LogP contribution in [0.3, 0.4) is 0 Å². The predicted molar refractivity (Wildman–Crippen MR) is 134 cm³/mol. The summed E-state index contributed by atoms with van der Waals surface area (Å²) in [4.78, 5) is 20.0. The van der Waals surface area contributed by atoms with Crippen LogP contribution in [0.4, 0.5) is 26.3 Å². The van der Waals surface area contributed by atoms with E-state index < -0.39 is 46.4 Å². The number of aromatic amines is 1. The first kappa shape index (κ1) is 26.8. The maximum Gasteiger partial charge on any atom is 0.421 e. The maximum absolute atomic E-state index is 13.7. The van der Waals surface area contributed by atoms with Crippen molar-refractivity contribution in [2.75, 3.05) is 7.11 Å². The number of nitrogens with one attached hydrogen (secondary N) is 1. The van der Waals surface area contributed by atoms with E-state index >= 15 is 0 Å². The Morgan fingerprint density at radius 3 is 2.30 bits per heavy atom. The fraction of sp³-hybridized carbons (Fsp3) is 0.103. The van der Waals surface area contributed by atoms with Crippen molar-refractivity contribution in [2.45, 2.75) is 12.8 Å². The van der Waals surface area contributed by atoms with Crippen LogP contribution in [-0.4, -0.2) is 22.9 Å². The third kappa shape index (κ3) is 5.09. The molecule has 0 bridgehead atoms. The molecular weight excluding hydrogens is 538 g/mol. The second-order valence-corrected chi connectivity index (χ2v) is 8.70. The molecule has 0 saturated heterocycles. The molecule has 0 aliphatic heterocycles. The number of carbonyl (C=O) groups is 1. The average Bonchev–Trinajstić information content (AvgIpc) is 3.38. The van der Waals surface area contributed by atoms with Gasteiger partial charge in [0.25, 0.3) is 0 Å². The largest absolute Gasteiger partial charge is 0.497 e. The highest BCUT2D eigenvalue weighted by atomic mass is 19.4. The van der Waals surface area contributed by atoms with Gasteiger partial charge in [-0.15, -0.1) is 0 Å². The molecule has 0 spiro atoms. The molecule has 0 saturated carbocycles. The van der Waals surface area contributed by atoms with Crippen molar-refractivity contribution in [3.05, 3.63) is 113 Å². The Morgan fingerprint density at radius 2 is 1.65 bits per heavy atom. The minimum atomic E-state index is -4.74. The first-order valence-corrected chi connectivity index (χ1v) is 11.7. The van der Waals surface area contributed by atoms with Crippen molar-refractivity contribution in [1.29, 1.82) is 0 Å². The number of fused-ring (bicyclic) bond motifs is 1. The van der Waals surface area contributed by atoms with Crippen LogP contribution in [0, 0.1) is 17.5 Å². The van der Waals surface area contributed by atoms with Crippen LogP contribution in [0.25, 0.3) is 22.2 Å². The second-order valence-electron chi connectivity index (χ2n) is 8.70. The number of carbonyl (C=O) groups excluding carboxylic acids is 1. The quantitative estimate of drug-likeness (QED) is 0.128. The number of rotatable bonds is 7. The molecule has 0 amide bonds. The lowest BCUT2D eigenvalue weighted by atomic mass is 10.00. The number of methoxy groups -OCH3 is 1. The van der Waals surface area contributed by atoms with Crippen molar-refractivity contribution in [3.8, 4) is 22.9 Å². The summed E-state index contributed by atoms with van der Waals surface area (Å²) >= 11 is 0. The number of pyridine rings is 1. The van der Waals surface area contributed by atoms with Gasteiger partial charge in [0.05, 0.1) is 18.3 Å². The predicted octanol–water partition coefficient (Wildman–Crippen LogP) is 7.48. The lowest BCUT2D eigenvalue weighted by molar-refractivity contribution is -0.139. The van der Waals surface area contributed by atoms with Crippen LogP contribution >= 0.6 is 0 Å². The molecule has 0 fully saturated rings. The number of ketones is 1. The average molecular weight is 556 g/mol. The van der Waals surface area contributed by atoms with Crippen LogP contribution in [-0.2, 0) is 12.8 Å². The number of hydrogen-bond donors (Lipinski definition) is 1. The molecule has 2 aromatic heterocycles. The van der Waals surface area contributed by atoms with Crippen LogP contribution in [0.2, 0.25) is 0 Å². The number of aromatic nitrogens is 2. The lowest BCUT2D eigenvalue weighted by Crippen LogP contribution is -2.10. The molecule has 5 nitrogen and oxygen atoms in total. The zero-order valence-corrected chi connectivity index (χ0v) is 20.6. The van der Waals surface area contributed by atoms with Crippen molar-refractivity contribution >= 4 is 16.7 Å². The summed E-state index contributed by atoms with van der Waals surface area (Å²) in [6.45, 7) is -0.195. The first-order valence-electron chi connectivity index (χ1n) is 11.7. The van der Waals surface area contributed by atoms with Gasteiger partial charge in [-0.1, -0.05) is 30.3 Å². The molecule has 0 radical (unpaired) electrons. The van der Waals surface area contributed by atoms with Gasteiger partial charge in [0, 0.05) is 28.3 Å². The number of benzene rings is 3. The SMILES string of the molecule is COc1ccc(COc2nc(-c3cccc4c(C(=O)c5cc(F)c(F)c(F)c5)c[nH]c34)ccc2C(F)(F)F)cc1. The number of ether oxygens (including phenoxy) is 2. The highest BCUT2D eigenvalue weighted by Crippen LogP contribution is 2.38. The summed E-state index contributed by atoms with van der Waals surface area (Å²) in [7, 11) is 1.49. The molecule has 5 rings (SSSR count). The summed E-state index contributed by atoms with van der Waals surface area (Å²) in [6, 6.07) is 14.5. The second kappa shape index (κ2) is 10.4. The molecule has 1 N–H and O–H groups in total. The fourth-order valence-electron chi connectivity index (χ4n) is 4.19. The third-order valence-electron chi connectivity index (χ3n) is 6.18. The van der Waals surface area contributed by atoms with Gasteiger partial charge in [0.15, 0.2) is 23.2 Å². The monoisotopic (exact) mass is 556 g/mol. The molecule has 0 atom stereocenters. The van der Waals surface area contributed by atoms with Crippen LogP contribution in [0.5, 0.6) is 11.6 Å². The number of nitrogens with zero attached hydrogens (tertiary/aromatic N) is 1. The molecule has 3 aromatic carbocycles. The van der Waals surface area contributed by atoms with E-state index in [9.17, 15) is 31.1 Å². The normalized spacial score (nSPS) is 11.6. The van der Waals surface area contributed by atoms with Gasteiger partial charge < -0.3 is 14.5 Å². The molecule has 40 heavy (non-hydrogen) atoms. The standard InChI is InChI=1S/C29H18F6N2O3/c1-39-17-7-5-15(6-8-17)14-40-28-21(29(33,34)35)9-10-24(37-28)19-4-2-3-18-20(13-36-26(18)19)27(38)16-11-22(30)25(32)23(31)12-16/h2-13,36H,14H2,1H3. The summed E-state index contributed by atoms with van der Waals surface area (Å²) in [5.41, 5.74) is -0.0832. The molecule has 5 aromatic rings. The van der Waals surface area contributed by atoms with E-state index in [0.29, 0.717) is 39.9 Å². The van der Waals surface area contributed by atoms with E-state index in [1.807, 2.05) is 0 Å². The molecule has 0 aliphatic rings. The van der Waals surface area contributed by atoms with Gasteiger partial charge in [0.2, 0.25) is 5.88 Å². The van der Waals surface area contributed by atoms with Crippen molar-refractivity contribution in [3.63, 3.8) is 0 Å². The zero-order chi connectivity index (χ0) is 28.6. The van der Waals surface area contributed by atoms with Crippen LogP contribution in [0.1, 0.15) is 27.0 Å². The Balaban J connectivity index is 1.52. The van der Waals surface area contributed by atoms with Crippen molar-refractivity contribution < 1.29 is 40.6 Å². The van der Waals surface area contributed by atoms with Crippen LogP contribution < -0.4 is 9.47 Å². The Kier molecular flexibility index (Phi) is 6.97. The molecule has 0 aliphatic carbocycles. The van der Waals surface area contributed by atoms with E-state index in [1.165, 1.54) is 19.4 Å². The first-order chi connectivity index (χ1) is 19.1. The van der Waals surface area contributed by atoms with E-state index in [0.717, 1.165) is 6.07 Å². The third-order valence-corrected chi connectivity index (χ3v) is 6.18.